The highest BCUT2D eigenvalue weighted by atomic mass is 35.5. The molecule has 0 heterocycles. The quantitative estimate of drug-likeness (QED) is 0.822. The van der Waals surface area contributed by atoms with Gasteiger partial charge in [0.2, 0.25) is 0 Å². The molecule has 2 aromatic rings. The average molecular weight is 244 g/mol. The Kier molecular flexibility index (Phi) is 3.64. The standard InChI is InChI=1S/C14H10ClNO/c15-13-3-1-2-4-14(13)17-10-12-7-5-11(9-16)6-8-12/h1-8H,10H2. The van der Waals surface area contributed by atoms with Crippen molar-refractivity contribution in [2.24, 2.45) is 0 Å². The molecule has 0 spiro atoms. The van der Waals surface area contributed by atoms with Gasteiger partial charge in [0.05, 0.1) is 16.7 Å². The van der Waals surface area contributed by atoms with Crippen LogP contribution in [0.15, 0.2) is 48.5 Å². The lowest BCUT2D eigenvalue weighted by atomic mass is 10.2. The van der Waals surface area contributed by atoms with Gasteiger partial charge in [-0.25, -0.2) is 0 Å². The van der Waals surface area contributed by atoms with E-state index in [1.807, 2.05) is 30.3 Å². The lowest BCUT2D eigenvalue weighted by Crippen LogP contribution is -1.95. The zero-order chi connectivity index (χ0) is 12.1. The van der Waals surface area contributed by atoms with E-state index < -0.39 is 0 Å². The summed E-state index contributed by atoms with van der Waals surface area (Å²) in [6, 6.07) is 16.7. The average Bonchev–Trinajstić information content (AvgIpc) is 2.38. The van der Waals surface area contributed by atoms with Crippen LogP contribution < -0.4 is 4.74 Å². The Bertz CT molecular complexity index is 543. The molecule has 2 aromatic carbocycles. The third-order valence-electron chi connectivity index (χ3n) is 2.31. The molecular formula is C14H10ClNO. The van der Waals surface area contributed by atoms with Crippen LogP contribution in [-0.2, 0) is 6.61 Å². The summed E-state index contributed by atoms with van der Waals surface area (Å²) in [4.78, 5) is 0. The van der Waals surface area contributed by atoms with Crippen LogP contribution in [0.1, 0.15) is 11.1 Å². The molecule has 0 aliphatic heterocycles. The van der Waals surface area contributed by atoms with Gasteiger partial charge in [0.15, 0.2) is 0 Å². The molecule has 0 saturated heterocycles. The minimum absolute atomic E-state index is 0.440. The minimum Gasteiger partial charge on any atom is -0.487 e. The topological polar surface area (TPSA) is 33.0 Å². The number of halogens is 1. The lowest BCUT2D eigenvalue weighted by molar-refractivity contribution is 0.306. The SMILES string of the molecule is N#Cc1ccc(COc2ccccc2Cl)cc1. The molecule has 0 atom stereocenters. The predicted octanol–water partition coefficient (Wildman–Crippen LogP) is 3.79. The van der Waals surface area contributed by atoms with Crippen molar-refractivity contribution < 1.29 is 4.74 Å². The Morgan fingerprint density at radius 2 is 1.76 bits per heavy atom. The molecule has 0 unspecified atom stereocenters. The minimum atomic E-state index is 0.440. The second-order valence-electron chi connectivity index (χ2n) is 3.53. The summed E-state index contributed by atoms with van der Waals surface area (Å²) in [5, 5.41) is 9.27. The maximum absolute atomic E-state index is 8.67. The fourth-order valence-corrected chi connectivity index (χ4v) is 1.59. The van der Waals surface area contributed by atoms with Crippen LogP contribution in [0.5, 0.6) is 5.75 Å². The van der Waals surface area contributed by atoms with Crippen molar-refractivity contribution in [3.8, 4) is 11.8 Å². The summed E-state index contributed by atoms with van der Waals surface area (Å²) < 4.78 is 5.58. The van der Waals surface area contributed by atoms with Gasteiger partial charge in [-0.2, -0.15) is 5.26 Å². The molecule has 0 amide bonds. The first-order valence-electron chi connectivity index (χ1n) is 5.16. The van der Waals surface area contributed by atoms with E-state index in [2.05, 4.69) is 6.07 Å². The van der Waals surface area contributed by atoms with Crippen LogP contribution >= 0.6 is 11.6 Å². The van der Waals surface area contributed by atoms with Gasteiger partial charge in [-0.1, -0.05) is 35.9 Å². The van der Waals surface area contributed by atoms with Gasteiger partial charge in [0.25, 0.3) is 0 Å². The third kappa shape index (κ3) is 2.99. The Morgan fingerprint density at radius 1 is 1.06 bits per heavy atom. The van der Waals surface area contributed by atoms with E-state index in [1.54, 1.807) is 18.2 Å². The summed E-state index contributed by atoms with van der Waals surface area (Å²) in [7, 11) is 0. The van der Waals surface area contributed by atoms with Gasteiger partial charge >= 0.3 is 0 Å². The molecule has 17 heavy (non-hydrogen) atoms. The number of rotatable bonds is 3. The van der Waals surface area contributed by atoms with E-state index in [0.29, 0.717) is 22.9 Å². The molecule has 0 aliphatic rings. The van der Waals surface area contributed by atoms with Crippen LogP contribution in [0.2, 0.25) is 5.02 Å². The smallest absolute Gasteiger partial charge is 0.138 e. The fourth-order valence-electron chi connectivity index (χ4n) is 1.40. The van der Waals surface area contributed by atoms with Gasteiger partial charge in [-0.15, -0.1) is 0 Å². The maximum atomic E-state index is 8.67. The highest BCUT2D eigenvalue weighted by molar-refractivity contribution is 6.32. The first-order chi connectivity index (χ1) is 8.29. The van der Waals surface area contributed by atoms with E-state index in [9.17, 15) is 0 Å². The summed E-state index contributed by atoms with van der Waals surface area (Å²) >= 11 is 5.97. The molecule has 2 nitrogen and oxygen atoms in total. The summed E-state index contributed by atoms with van der Waals surface area (Å²) in [5.74, 6) is 0.665. The molecule has 0 N–H and O–H groups in total. The van der Waals surface area contributed by atoms with Crippen molar-refractivity contribution in [3.63, 3.8) is 0 Å². The van der Waals surface area contributed by atoms with Crippen molar-refractivity contribution in [3.05, 3.63) is 64.7 Å². The number of nitriles is 1. The third-order valence-corrected chi connectivity index (χ3v) is 2.63. The van der Waals surface area contributed by atoms with Crippen LogP contribution in [0, 0.1) is 11.3 Å². The van der Waals surface area contributed by atoms with Gasteiger partial charge < -0.3 is 4.74 Å². The normalized spacial score (nSPS) is 9.65. The van der Waals surface area contributed by atoms with Crippen LogP contribution in [-0.4, -0.2) is 0 Å². The second-order valence-corrected chi connectivity index (χ2v) is 3.94. The Hall–Kier alpha value is -1.98. The molecule has 0 aliphatic carbocycles. The van der Waals surface area contributed by atoms with Crippen LogP contribution in [0.25, 0.3) is 0 Å². The zero-order valence-electron chi connectivity index (χ0n) is 9.06. The Balaban J connectivity index is 2.03. The number of nitrogens with zero attached hydrogens (tertiary/aromatic N) is 1. The van der Waals surface area contributed by atoms with E-state index >= 15 is 0 Å². The van der Waals surface area contributed by atoms with Crippen molar-refractivity contribution in [2.75, 3.05) is 0 Å². The van der Waals surface area contributed by atoms with E-state index in [0.717, 1.165) is 5.56 Å². The molecular weight excluding hydrogens is 234 g/mol. The monoisotopic (exact) mass is 243 g/mol. The zero-order valence-corrected chi connectivity index (χ0v) is 9.82. The predicted molar refractivity (Wildman–Crippen MR) is 66.9 cm³/mol. The van der Waals surface area contributed by atoms with Crippen molar-refractivity contribution in [1.29, 1.82) is 5.26 Å². The highest BCUT2D eigenvalue weighted by Gasteiger charge is 2.00. The van der Waals surface area contributed by atoms with Crippen molar-refractivity contribution >= 4 is 11.6 Å². The number of para-hydroxylation sites is 1. The molecule has 84 valence electrons. The lowest BCUT2D eigenvalue weighted by Gasteiger charge is -2.07. The van der Waals surface area contributed by atoms with Crippen molar-refractivity contribution in [2.45, 2.75) is 6.61 Å². The molecule has 0 radical (unpaired) electrons. The Morgan fingerprint density at radius 3 is 2.41 bits per heavy atom. The van der Waals surface area contributed by atoms with Gasteiger partial charge in [-0.05, 0) is 29.8 Å². The number of benzene rings is 2. The van der Waals surface area contributed by atoms with Gasteiger partial charge in [0, 0.05) is 0 Å². The number of hydrogen-bond acceptors (Lipinski definition) is 2. The van der Waals surface area contributed by atoms with Gasteiger partial charge in [-0.3, -0.25) is 0 Å². The second kappa shape index (κ2) is 5.38. The first kappa shape index (κ1) is 11.5. The maximum Gasteiger partial charge on any atom is 0.138 e. The van der Waals surface area contributed by atoms with Gasteiger partial charge in [0.1, 0.15) is 12.4 Å². The molecule has 0 aromatic heterocycles. The summed E-state index contributed by atoms with van der Waals surface area (Å²) in [5.41, 5.74) is 1.65. The summed E-state index contributed by atoms with van der Waals surface area (Å²) in [6.07, 6.45) is 0. The molecule has 2 rings (SSSR count). The molecule has 0 fully saturated rings. The largest absolute Gasteiger partial charge is 0.487 e. The Labute approximate surface area is 105 Å². The first-order valence-corrected chi connectivity index (χ1v) is 5.54. The van der Waals surface area contributed by atoms with E-state index in [-0.39, 0.29) is 0 Å². The fraction of sp³-hybridized carbons (Fsp3) is 0.0714. The van der Waals surface area contributed by atoms with Crippen molar-refractivity contribution in [1.82, 2.24) is 0 Å². The molecule has 0 bridgehead atoms. The molecule has 0 saturated carbocycles. The summed E-state index contributed by atoms with van der Waals surface area (Å²) in [6.45, 7) is 0.440. The van der Waals surface area contributed by atoms with Crippen LogP contribution in [0.3, 0.4) is 0 Å². The van der Waals surface area contributed by atoms with E-state index in [4.69, 9.17) is 21.6 Å². The van der Waals surface area contributed by atoms with E-state index in [1.165, 1.54) is 0 Å². The highest BCUT2D eigenvalue weighted by Crippen LogP contribution is 2.24. The van der Waals surface area contributed by atoms with Crippen LogP contribution in [0.4, 0.5) is 0 Å². The molecule has 3 heteroatoms. The number of hydrogen-bond donors (Lipinski definition) is 0. The number of ether oxygens (including phenoxy) is 1.